The SMILES string of the molecule is CN(C)CCCN(C(=O)Cc1cccc2ccccc12)c1nc2ccc(Br)cc2s1. The van der Waals surface area contributed by atoms with Crippen molar-refractivity contribution in [3.63, 3.8) is 0 Å². The van der Waals surface area contributed by atoms with Gasteiger partial charge in [0.25, 0.3) is 0 Å². The Balaban J connectivity index is 1.64. The van der Waals surface area contributed by atoms with Crippen molar-refractivity contribution in [3.05, 3.63) is 70.7 Å². The molecule has 3 aromatic carbocycles. The summed E-state index contributed by atoms with van der Waals surface area (Å²) < 4.78 is 2.10. The number of thiazole rings is 1. The summed E-state index contributed by atoms with van der Waals surface area (Å²) in [6, 6.07) is 20.4. The van der Waals surface area contributed by atoms with Crippen molar-refractivity contribution in [3.8, 4) is 0 Å². The minimum absolute atomic E-state index is 0.0863. The number of anilines is 1. The second-order valence-electron chi connectivity index (χ2n) is 7.63. The zero-order chi connectivity index (χ0) is 21.1. The molecule has 0 saturated heterocycles. The first-order valence-corrected chi connectivity index (χ1v) is 11.6. The summed E-state index contributed by atoms with van der Waals surface area (Å²) in [7, 11) is 4.11. The van der Waals surface area contributed by atoms with Gasteiger partial charge in [0, 0.05) is 11.0 Å². The monoisotopic (exact) mass is 481 g/mol. The van der Waals surface area contributed by atoms with E-state index in [2.05, 4.69) is 59.2 Å². The highest BCUT2D eigenvalue weighted by atomic mass is 79.9. The number of benzene rings is 3. The van der Waals surface area contributed by atoms with E-state index in [0.717, 1.165) is 49.1 Å². The first kappa shape index (κ1) is 21.0. The second-order valence-corrected chi connectivity index (χ2v) is 9.55. The number of amides is 1. The molecule has 1 amide bonds. The first-order chi connectivity index (χ1) is 14.5. The van der Waals surface area contributed by atoms with Crippen molar-refractivity contribution >= 4 is 59.3 Å². The molecule has 0 aliphatic carbocycles. The summed E-state index contributed by atoms with van der Waals surface area (Å²) in [6.45, 7) is 1.58. The van der Waals surface area contributed by atoms with Gasteiger partial charge in [-0.1, -0.05) is 69.7 Å². The Labute approximate surface area is 189 Å². The number of halogens is 1. The van der Waals surface area contributed by atoms with Crippen LogP contribution in [0.15, 0.2) is 65.1 Å². The summed E-state index contributed by atoms with van der Waals surface area (Å²) in [5.41, 5.74) is 1.98. The van der Waals surface area contributed by atoms with Crippen molar-refractivity contribution in [1.29, 1.82) is 0 Å². The molecule has 4 aromatic rings. The normalized spacial score (nSPS) is 11.5. The fourth-order valence-corrected chi connectivity index (χ4v) is 5.14. The number of aromatic nitrogens is 1. The van der Waals surface area contributed by atoms with Crippen LogP contribution in [0.25, 0.3) is 21.0 Å². The highest BCUT2D eigenvalue weighted by Crippen LogP contribution is 2.31. The third-order valence-electron chi connectivity index (χ3n) is 5.08. The molecular formula is C24H24BrN3OS. The lowest BCUT2D eigenvalue weighted by atomic mass is 10.0. The van der Waals surface area contributed by atoms with Gasteiger partial charge >= 0.3 is 0 Å². The maximum Gasteiger partial charge on any atom is 0.233 e. The molecule has 0 radical (unpaired) electrons. The quantitative estimate of drug-likeness (QED) is 0.337. The predicted octanol–water partition coefficient (Wildman–Crippen LogP) is 5.74. The van der Waals surface area contributed by atoms with E-state index in [-0.39, 0.29) is 5.91 Å². The maximum atomic E-state index is 13.4. The van der Waals surface area contributed by atoms with Gasteiger partial charge in [-0.05, 0) is 61.6 Å². The van der Waals surface area contributed by atoms with Crippen LogP contribution in [0.2, 0.25) is 0 Å². The van der Waals surface area contributed by atoms with Gasteiger partial charge in [-0.2, -0.15) is 0 Å². The number of fused-ring (bicyclic) bond motifs is 2. The van der Waals surface area contributed by atoms with Gasteiger partial charge in [0.1, 0.15) is 0 Å². The fraction of sp³-hybridized carbons (Fsp3) is 0.250. The number of rotatable bonds is 7. The van der Waals surface area contributed by atoms with E-state index >= 15 is 0 Å². The lowest BCUT2D eigenvalue weighted by Gasteiger charge is -2.21. The Morgan fingerprint density at radius 3 is 2.67 bits per heavy atom. The molecule has 0 N–H and O–H groups in total. The Bertz CT molecular complexity index is 1180. The third-order valence-corrected chi connectivity index (χ3v) is 6.61. The standard InChI is InChI=1S/C24H24BrN3OS/c1-27(2)13-6-14-28(24-26-21-12-11-19(25)16-22(21)30-24)23(29)15-18-9-5-8-17-7-3-4-10-20(17)18/h3-5,7-12,16H,6,13-15H2,1-2H3. The van der Waals surface area contributed by atoms with E-state index in [9.17, 15) is 4.79 Å². The summed E-state index contributed by atoms with van der Waals surface area (Å²) in [4.78, 5) is 22.2. The van der Waals surface area contributed by atoms with E-state index in [0.29, 0.717) is 13.0 Å². The van der Waals surface area contributed by atoms with Crippen molar-refractivity contribution < 1.29 is 4.79 Å². The van der Waals surface area contributed by atoms with E-state index in [1.54, 1.807) is 11.3 Å². The van der Waals surface area contributed by atoms with Crippen LogP contribution < -0.4 is 4.90 Å². The van der Waals surface area contributed by atoms with Gasteiger partial charge in [-0.25, -0.2) is 4.98 Å². The Morgan fingerprint density at radius 2 is 1.83 bits per heavy atom. The molecule has 0 aliphatic rings. The van der Waals surface area contributed by atoms with Crippen LogP contribution in [0.4, 0.5) is 5.13 Å². The van der Waals surface area contributed by atoms with Gasteiger partial charge in [0.2, 0.25) is 5.91 Å². The maximum absolute atomic E-state index is 13.4. The highest BCUT2D eigenvalue weighted by Gasteiger charge is 2.20. The van der Waals surface area contributed by atoms with Crippen molar-refractivity contribution in [2.75, 3.05) is 32.1 Å². The first-order valence-electron chi connectivity index (χ1n) is 9.99. The van der Waals surface area contributed by atoms with E-state index in [1.165, 1.54) is 0 Å². The molecule has 0 fully saturated rings. The number of nitrogens with zero attached hydrogens (tertiary/aromatic N) is 3. The molecule has 0 bridgehead atoms. The Hall–Kier alpha value is -2.28. The molecule has 1 heterocycles. The summed E-state index contributed by atoms with van der Waals surface area (Å²) in [5, 5.41) is 3.06. The van der Waals surface area contributed by atoms with E-state index in [1.807, 2.05) is 41.3 Å². The van der Waals surface area contributed by atoms with Crippen LogP contribution in [0.3, 0.4) is 0 Å². The minimum Gasteiger partial charge on any atom is -0.309 e. The summed E-state index contributed by atoms with van der Waals surface area (Å²) in [6.07, 6.45) is 1.26. The van der Waals surface area contributed by atoms with Crippen molar-refractivity contribution in [2.45, 2.75) is 12.8 Å². The molecule has 154 valence electrons. The molecule has 0 unspecified atom stereocenters. The predicted molar refractivity (Wildman–Crippen MR) is 130 cm³/mol. The van der Waals surface area contributed by atoms with Gasteiger partial charge in [0.05, 0.1) is 16.6 Å². The average Bonchev–Trinajstić information content (AvgIpc) is 3.14. The minimum atomic E-state index is 0.0863. The number of hydrogen-bond donors (Lipinski definition) is 0. The number of carbonyl (C=O) groups excluding carboxylic acids is 1. The molecular weight excluding hydrogens is 458 g/mol. The number of carbonyl (C=O) groups is 1. The van der Waals surface area contributed by atoms with Crippen LogP contribution in [0.5, 0.6) is 0 Å². The van der Waals surface area contributed by atoms with Crippen molar-refractivity contribution in [2.24, 2.45) is 0 Å². The molecule has 4 nitrogen and oxygen atoms in total. The third kappa shape index (κ3) is 4.72. The smallest absolute Gasteiger partial charge is 0.233 e. The van der Waals surface area contributed by atoms with E-state index < -0.39 is 0 Å². The zero-order valence-corrected chi connectivity index (χ0v) is 19.5. The van der Waals surface area contributed by atoms with Gasteiger partial charge in [-0.3, -0.25) is 9.69 Å². The topological polar surface area (TPSA) is 36.4 Å². The largest absolute Gasteiger partial charge is 0.309 e. The second kappa shape index (κ2) is 9.25. The summed E-state index contributed by atoms with van der Waals surface area (Å²) >= 11 is 5.10. The zero-order valence-electron chi connectivity index (χ0n) is 17.1. The van der Waals surface area contributed by atoms with Crippen LogP contribution in [-0.2, 0) is 11.2 Å². The molecule has 0 atom stereocenters. The van der Waals surface area contributed by atoms with Crippen LogP contribution >= 0.6 is 27.3 Å². The molecule has 0 aliphatic heterocycles. The van der Waals surface area contributed by atoms with E-state index in [4.69, 9.17) is 4.98 Å². The van der Waals surface area contributed by atoms with Gasteiger partial charge < -0.3 is 4.90 Å². The van der Waals surface area contributed by atoms with Crippen LogP contribution in [-0.4, -0.2) is 43.0 Å². The number of hydrogen-bond acceptors (Lipinski definition) is 4. The molecule has 1 aromatic heterocycles. The Kier molecular flexibility index (Phi) is 6.46. The lowest BCUT2D eigenvalue weighted by Crippen LogP contribution is -2.34. The summed E-state index contributed by atoms with van der Waals surface area (Å²) in [5.74, 6) is 0.0863. The lowest BCUT2D eigenvalue weighted by molar-refractivity contribution is -0.118. The highest BCUT2D eigenvalue weighted by molar-refractivity contribution is 9.10. The Morgan fingerprint density at radius 1 is 1.03 bits per heavy atom. The van der Waals surface area contributed by atoms with Crippen molar-refractivity contribution in [1.82, 2.24) is 9.88 Å². The molecule has 30 heavy (non-hydrogen) atoms. The molecule has 4 rings (SSSR count). The fourth-order valence-electron chi connectivity index (χ4n) is 3.58. The average molecular weight is 482 g/mol. The molecule has 6 heteroatoms. The van der Waals surface area contributed by atoms with Gasteiger partial charge in [0.15, 0.2) is 5.13 Å². The van der Waals surface area contributed by atoms with Crippen LogP contribution in [0.1, 0.15) is 12.0 Å². The van der Waals surface area contributed by atoms with Gasteiger partial charge in [-0.15, -0.1) is 0 Å². The van der Waals surface area contributed by atoms with Crippen LogP contribution in [0, 0.1) is 0 Å². The molecule has 0 saturated carbocycles. The molecule has 0 spiro atoms.